The predicted octanol–water partition coefficient (Wildman–Crippen LogP) is 9.27. The van der Waals surface area contributed by atoms with Gasteiger partial charge in [-0.05, 0) is 46.0 Å². The van der Waals surface area contributed by atoms with Gasteiger partial charge in [0.25, 0.3) is 0 Å². The number of hydrogen-bond acceptors (Lipinski definition) is 2. The van der Waals surface area contributed by atoms with Gasteiger partial charge >= 0.3 is 0 Å². The lowest BCUT2D eigenvalue weighted by Gasteiger charge is -2.23. The van der Waals surface area contributed by atoms with Crippen molar-refractivity contribution < 1.29 is 0 Å². The molecule has 3 heteroatoms. The Morgan fingerprint density at radius 1 is 0.462 bits per heavy atom. The second kappa shape index (κ2) is 9.64. The lowest BCUT2D eigenvalue weighted by atomic mass is 9.80. The Labute approximate surface area is 227 Å². The number of aromatic nitrogens is 1. The van der Waals surface area contributed by atoms with Gasteiger partial charge in [-0.25, -0.2) is 0 Å². The van der Waals surface area contributed by atoms with Crippen LogP contribution in [0.15, 0.2) is 140 Å². The maximum Gasteiger partial charge on any atom is 0.0557 e. The molecule has 0 fully saturated rings. The molecule has 0 saturated carbocycles. The molecule has 7 rings (SSSR count). The Morgan fingerprint density at radius 2 is 0.897 bits per heavy atom. The van der Waals surface area contributed by atoms with E-state index >= 15 is 0 Å². The molecule has 1 heterocycles. The van der Waals surface area contributed by atoms with E-state index in [1.807, 2.05) is 6.07 Å². The molecule has 4 N–H and O–H groups in total. The van der Waals surface area contributed by atoms with Gasteiger partial charge in [0.1, 0.15) is 0 Å². The molecule has 0 aliphatic rings. The van der Waals surface area contributed by atoms with Gasteiger partial charge in [0.05, 0.1) is 5.52 Å². The Balaban J connectivity index is 1.80. The van der Waals surface area contributed by atoms with Crippen LogP contribution < -0.4 is 11.3 Å². The summed E-state index contributed by atoms with van der Waals surface area (Å²) in [5, 5.41) is 2.32. The van der Waals surface area contributed by atoms with E-state index in [2.05, 4.69) is 144 Å². The second-order valence-corrected chi connectivity index (χ2v) is 9.74. The maximum atomic E-state index is 5.88. The van der Waals surface area contributed by atoms with Crippen LogP contribution in [-0.4, -0.2) is 4.98 Å². The number of rotatable bonds is 5. The fourth-order valence-corrected chi connectivity index (χ4v) is 5.80. The van der Waals surface area contributed by atoms with Gasteiger partial charge in [-0.3, -0.25) is 5.84 Å². The standard InChI is InChI=1S/C36H27N3/c37-39-28-21-22-30-29(23-28)35-33(26-17-9-3-10-18-26)31(24-13-5-1-6-14-24)32(25-15-7-2-8-16-25)34(36(35)38-30)27-19-11-4-12-20-27/h1-23,38-39H,37H2. The van der Waals surface area contributed by atoms with Crippen LogP contribution in [0, 0.1) is 0 Å². The third-order valence-electron chi connectivity index (χ3n) is 7.47. The maximum absolute atomic E-state index is 5.88. The van der Waals surface area contributed by atoms with E-state index in [1.54, 1.807) is 0 Å². The first-order valence-corrected chi connectivity index (χ1v) is 13.2. The van der Waals surface area contributed by atoms with E-state index in [1.165, 1.54) is 49.9 Å². The average Bonchev–Trinajstić information content (AvgIpc) is 3.40. The molecule has 6 aromatic carbocycles. The van der Waals surface area contributed by atoms with Gasteiger partial charge in [0, 0.05) is 38.7 Å². The van der Waals surface area contributed by atoms with Crippen molar-refractivity contribution in [2.45, 2.75) is 0 Å². The van der Waals surface area contributed by atoms with Gasteiger partial charge in [0.2, 0.25) is 0 Å². The molecule has 0 bridgehead atoms. The fourth-order valence-electron chi connectivity index (χ4n) is 5.80. The molecular formula is C36H27N3. The van der Waals surface area contributed by atoms with E-state index in [4.69, 9.17) is 5.84 Å². The number of hydrazine groups is 1. The van der Waals surface area contributed by atoms with Crippen molar-refractivity contribution >= 4 is 27.5 Å². The molecule has 39 heavy (non-hydrogen) atoms. The molecule has 7 aromatic rings. The number of nitrogens with two attached hydrogens (primary N) is 1. The summed E-state index contributed by atoms with van der Waals surface area (Å²) in [5.74, 6) is 5.88. The monoisotopic (exact) mass is 501 g/mol. The molecule has 1 aromatic heterocycles. The van der Waals surface area contributed by atoms with E-state index in [-0.39, 0.29) is 0 Å². The lowest BCUT2D eigenvalue weighted by Crippen LogP contribution is -2.05. The highest BCUT2D eigenvalue weighted by Crippen LogP contribution is 2.52. The van der Waals surface area contributed by atoms with Crippen molar-refractivity contribution in [1.29, 1.82) is 0 Å². The number of aromatic amines is 1. The summed E-state index contributed by atoms with van der Waals surface area (Å²) in [7, 11) is 0. The molecule has 186 valence electrons. The van der Waals surface area contributed by atoms with Gasteiger partial charge in [-0.15, -0.1) is 0 Å². The largest absolute Gasteiger partial charge is 0.354 e. The summed E-state index contributed by atoms with van der Waals surface area (Å²) >= 11 is 0. The van der Waals surface area contributed by atoms with Crippen molar-refractivity contribution in [1.82, 2.24) is 4.98 Å². The van der Waals surface area contributed by atoms with E-state index in [0.717, 1.165) is 22.1 Å². The quantitative estimate of drug-likeness (QED) is 0.163. The predicted molar refractivity (Wildman–Crippen MR) is 165 cm³/mol. The summed E-state index contributed by atoms with van der Waals surface area (Å²) in [6.07, 6.45) is 0. The highest BCUT2D eigenvalue weighted by atomic mass is 15.2. The van der Waals surface area contributed by atoms with Crippen molar-refractivity contribution in [2.24, 2.45) is 5.84 Å². The highest BCUT2D eigenvalue weighted by molar-refractivity contribution is 6.25. The summed E-state index contributed by atoms with van der Waals surface area (Å²) < 4.78 is 0. The Hall–Kier alpha value is -5.12. The van der Waals surface area contributed by atoms with Crippen LogP contribution in [-0.2, 0) is 0 Å². The number of nitrogen functional groups attached to an aromatic ring is 1. The van der Waals surface area contributed by atoms with Crippen molar-refractivity contribution in [3.63, 3.8) is 0 Å². The van der Waals surface area contributed by atoms with Gasteiger partial charge < -0.3 is 10.4 Å². The zero-order valence-electron chi connectivity index (χ0n) is 21.4. The van der Waals surface area contributed by atoms with E-state index < -0.39 is 0 Å². The van der Waals surface area contributed by atoms with Crippen LogP contribution in [0.5, 0.6) is 0 Å². The minimum absolute atomic E-state index is 0.872. The summed E-state index contributed by atoms with van der Waals surface area (Å²) in [6, 6.07) is 49.2. The van der Waals surface area contributed by atoms with E-state index in [9.17, 15) is 0 Å². The van der Waals surface area contributed by atoms with Crippen molar-refractivity contribution in [3.05, 3.63) is 140 Å². The first-order chi connectivity index (χ1) is 19.3. The van der Waals surface area contributed by atoms with Crippen molar-refractivity contribution in [3.8, 4) is 44.5 Å². The number of nitrogens with one attached hydrogen (secondary N) is 2. The lowest BCUT2D eigenvalue weighted by molar-refractivity contribution is 1.36. The summed E-state index contributed by atoms with van der Waals surface area (Å²) in [5.41, 5.74) is 15.4. The van der Waals surface area contributed by atoms with Crippen LogP contribution in [0.3, 0.4) is 0 Å². The fraction of sp³-hybridized carbons (Fsp3) is 0. The first-order valence-electron chi connectivity index (χ1n) is 13.2. The van der Waals surface area contributed by atoms with Crippen LogP contribution >= 0.6 is 0 Å². The topological polar surface area (TPSA) is 53.8 Å². The Morgan fingerprint density at radius 3 is 1.38 bits per heavy atom. The normalized spacial score (nSPS) is 11.2. The van der Waals surface area contributed by atoms with Crippen LogP contribution in [0.25, 0.3) is 66.3 Å². The van der Waals surface area contributed by atoms with Gasteiger partial charge in [-0.2, -0.15) is 0 Å². The van der Waals surface area contributed by atoms with E-state index in [0.29, 0.717) is 0 Å². The molecule has 0 spiro atoms. The summed E-state index contributed by atoms with van der Waals surface area (Å²) in [6.45, 7) is 0. The number of fused-ring (bicyclic) bond motifs is 3. The molecular weight excluding hydrogens is 474 g/mol. The average molecular weight is 502 g/mol. The molecule has 0 amide bonds. The first kappa shape index (κ1) is 23.0. The zero-order chi connectivity index (χ0) is 26.2. The minimum atomic E-state index is 0.872. The molecule has 0 unspecified atom stereocenters. The molecule has 0 atom stereocenters. The third-order valence-corrected chi connectivity index (χ3v) is 7.47. The number of benzene rings is 6. The zero-order valence-corrected chi connectivity index (χ0v) is 21.4. The molecule has 0 aliphatic heterocycles. The Bertz CT molecular complexity index is 1910. The van der Waals surface area contributed by atoms with Gasteiger partial charge in [0.15, 0.2) is 0 Å². The number of hydrogen-bond donors (Lipinski definition) is 3. The van der Waals surface area contributed by atoms with Crippen LogP contribution in [0.2, 0.25) is 0 Å². The van der Waals surface area contributed by atoms with Crippen LogP contribution in [0.4, 0.5) is 5.69 Å². The van der Waals surface area contributed by atoms with Crippen LogP contribution in [0.1, 0.15) is 0 Å². The third kappa shape index (κ3) is 3.88. The number of H-pyrrole nitrogens is 1. The summed E-state index contributed by atoms with van der Waals surface area (Å²) in [4.78, 5) is 3.83. The molecule has 0 saturated heterocycles. The minimum Gasteiger partial charge on any atom is -0.354 e. The Kier molecular flexibility index (Phi) is 5.69. The van der Waals surface area contributed by atoms with Crippen molar-refractivity contribution in [2.75, 3.05) is 5.43 Å². The number of anilines is 1. The molecule has 3 nitrogen and oxygen atoms in total. The molecule has 0 radical (unpaired) electrons. The highest BCUT2D eigenvalue weighted by Gasteiger charge is 2.26. The van der Waals surface area contributed by atoms with Gasteiger partial charge in [-0.1, -0.05) is 121 Å². The SMILES string of the molecule is NNc1ccc2[nH]c3c(-c4ccccc4)c(-c4ccccc4)c(-c4ccccc4)c(-c4ccccc4)c3c2c1. The second-order valence-electron chi connectivity index (χ2n) is 9.74. The molecule has 0 aliphatic carbocycles. The smallest absolute Gasteiger partial charge is 0.0557 e.